The van der Waals surface area contributed by atoms with Gasteiger partial charge in [-0.2, -0.15) is 0 Å². The van der Waals surface area contributed by atoms with Crippen molar-refractivity contribution in [3.05, 3.63) is 101 Å². The molecule has 292 valence electrons. The van der Waals surface area contributed by atoms with Gasteiger partial charge in [-0.15, -0.1) is 5.10 Å². The van der Waals surface area contributed by atoms with E-state index >= 15 is 0 Å². The van der Waals surface area contributed by atoms with Gasteiger partial charge in [0.05, 0.1) is 34.7 Å². The quantitative estimate of drug-likeness (QED) is 0.226. The predicted molar refractivity (Wildman–Crippen MR) is 215 cm³/mol. The summed E-state index contributed by atoms with van der Waals surface area (Å²) >= 11 is 0. The van der Waals surface area contributed by atoms with Gasteiger partial charge in [-0.3, -0.25) is 28.9 Å². The number of carbonyl (C=O) groups is 2. The fraction of sp³-hybridized carbons (Fsp3) is 0.381. The summed E-state index contributed by atoms with van der Waals surface area (Å²) < 4.78 is 19.2. The second-order valence-corrected chi connectivity index (χ2v) is 15.8. The fourth-order valence-corrected chi connectivity index (χ4v) is 9.34. The number of fused-ring (bicyclic) bond motifs is 2. The van der Waals surface area contributed by atoms with Gasteiger partial charge in [0.2, 0.25) is 11.8 Å². The molecule has 15 heteroatoms. The number of piperidine rings is 1. The normalized spacial score (nSPS) is 20.8. The molecular formula is C42H44FN11O3. The van der Waals surface area contributed by atoms with E-state index < -0.39 is 11.9 Å². The van der Waals surface area contributed by atoms with Crippen molar-refractivity contribution in [3.8, 4) is 11.4 Å². The number of carbonyl (C=O) groups excluding carboxylic acids is 2. The van der Waals surface area contributed by atoms with Crippen molar-refractivity contribution in [2.45, 2.75) is 37.8 Å². The van der Waals surface area contributed by atoms with Crippen LogP contribution in [-0.2, 0) is 16.6 Å². The number of aromatic nitrogens is 6. The Labute approximate surface area is 328 Å². The minimum Gasteiger partial charge on any atom is -0.369 e. The van der Waals surface area contributed by atoms with E-state index in [1.165, 1.54) is 6.07 Å². The molecular weight excluding hydrogens is 726 g/mol. The lowest BCUT2D eigenvalue weighted by molar-refractivity contribution is -0.135. The van der Waals surface area contributed by atoms with Crippen LogP contribution in [0.3, 0.4) is 0 Å². The summed E-state index contributed by atoms with van der Waals surface area (Å²) in [4.78, 5) is 57.1. The highest BCUT2D eigenvalue weighted by molar-refractivity contribution is 6.00. The minimum atomic E-state index is -0.700. The van der Waals surface area contributed by atoms with Crippen LogP contribution in [0.15, 0.2) is 83.8 Å². The van der Waals surface area contributed by atoms with Crippen molar-refractivity contribution in [1.82, 2.24) is 38.9 Å². The molecule has 10 rings (SSSR count). The number of hydrogen-bond donors (Lipinski definition) is 1. The first-order valence-corrected chi connectivity index (χ1v) is 19.9. The molecule has 0 bridgehead atoms. The molecule has 14 nitrogen and oxygen atoms in total. The Morgan fingerprint density at radius 1 is 0.842 bits per heavy atom. The number of para-hydroxylation sites is 1. The maximum Gasteiger partial charge on any atom is 0.329 e. The van der Waals surface area contributed by atoms with Crippen molar-refractivity contribution in [3.63, 3.8) is 0 Å². The molecule has 2 aromatic carbocycles. The Morgan fingerprint density at radius 3 is 2.49 bits per heavy atom. The third-order valence-electron chi connectivity index (χ3n) is 12.2. The highest BCUT2D eigenvalue weighted by Crippen LogP contribution is 2.37. The Bertz CT molecular complexity index is 2590. The van der Waals surface area contributed by atoms with E-state index in [0.717, 1.165) is 111 Å². The molecule has 0 radical (unpaired) electrons. The van der Waals surface area contributed by atoms with Gasteiger partial charge in [0.15, 0.2) is 5.65 Å². The highest BCUT2D eigenvalue weighted by Gasteiger charge is 2.35. The minimum absolute atomic E-state index is 0.0689. The number of rotatable bonds is 8. The number of imidazole rings is 2. The molecule has 4 fully saturated rings. The van der Waals surface area contributed by atoms with Crippen LogP contribution in [0.2, 0.25) is 0 Å². The van der Waals surface area contributed by atoms with Gasteiger partial charge >= 0.3 is 5.69 Å². The third kappa shape index (κ3) is 6.29. The van der Waals surface area contributed by atoms with Crippen LogP contribution in [0.25, 0.3) is 28.1 Å². The molecule has 1 N–H and O–H groups in total. The monoisotopic (exact) mass is 769 g/mol. The van der Waals surface area contributed by atoms with Gasteiger partial charge in [0, 0.05) is 71.7 Å². The molecule has 8 heterocycles. The zero-order valence-electron chi connectivity index (χ0n) is 31.8. The largest absolute Gasteiger partial charge is 0.369 e. The molecule has 2 atom stereocenters. The summed E-state index contributed by atoms with van der Waals surface area (Å²) in [6.07, 6.45) is 4.32. The molecule has 6 aromatic rings. The number of anilines is 3. The lowest BCUT2D eigenvalue weighted by atomic mass is 9.97. The van der Waals surface area contributed by atoms with Crippen LogP contribution in [0, 0.1) is 11.7 Å². The molecule has 4 aromatic heterocycles. The summed E-state index contributed by atoms with van der Waals surface area (Å²) in [6.45, 7) is 7.23. The first kappa shape index (κ1) is 35.3. The number of benzene rings is 2. The molecule has 57 heavy (non-hydrogen) atoms. The van der Waals surface area contributed by atoms with Crippen LogP contribution in [0.5, 0.6) is 0 Å². The molecule has 4 aliphatic heterocycles. The van der Waals surface area contributed by atoms with Crippen molar-refractivity contribution in [2.75, 3.05) is 67.1 Å². The smallest absolute Gasteiger partial charge is 0.329 e. The number of pyridine rings is 1. The molecule has 4 saturated heterocycles. The van der Waals surface area contributed by atoms with Gasteiger partial charge in [-0.25, -0.2) is 23.7 Å². The average molecular weight is 770 g/mol. The standard InChI is InChI=1S/C42H44FN11O3/c1-48-40-32(9-4-10-33(40)53(42(48)57)34-13-16-39(55)46-41(34)56)51-25-27(26-51)24-49-18-20-50(21-19-49)37-12-3-8-30(45-37)35-23-44-36-14-15-38(47-54(35)36)52-17-5-11-31(52)28-6-2-7-29(43)22-28/h2-4,6-10,12,14-15,22-23,27,31,34H,5,11,13,16-21,24-26H2,1H3,(H,46,55,56)/t31-,34?/m1/s1. The number of piperazine rings is 1. The summed E-state index contributed by atoms with van der Waals surface area (Å²) in [6, 6.07) is 22.2. The van der Waals surface area contributed by atoms with Crippen molar-refractivity contribution < 1.29 is 14.0 Å². The Hall–Kier alpha value is -6.09. The Morgan fingerprint density at radius 2 is 1.67 bits per heavy atom. The fourth-order valence-electron chi connectivity index (χ4n) is 9.34. The predicted octanol–water partition coefficient (Wildman–Crippen LogP) is 4.16. The SMILES string of the molecule is Cn1c(=O)n(C2CCC(=O)NC2=O)c2cccc(N3CC(CN4CCN(c5cccc(-c6cnc7ccc(N8CCC[C@@H]8c8cccc(F)c8)nn67)n5)CC4)C3)c21. The Kier molecular flexibility index (Phi) is 8.76. The zero-order valence-corrected chi connectivity index (χ0v) is 31.8. The van der Waals surface area contributed by atoms with E-state index in [1.54, 1.807) is 28.3 Å². The van der Waals surface area contributed by atoms with Gasteiger partial charge < -0.3 is 14.7 Å². The first-order chi connectivity index (χ1) is 27.8. The number of nitrogens with zero attached hydrogens (tertiary/aromatic N) is 10. The second-order valence-electron chi connectivity index (χ2n) is 15.8. The molecule has 0 saturated carbocycles. The van der Waals surface area contributed by atoms with Crippen molar-refractivity contribution in [2.24, 2.45) is 13.0 Å². The van der Waals surface area contributed by atoms with Crippen LogP contribution < -0.4 is 25.7 Å². The summed E-state index contributed by atoms with van der Waals surface area (Å²) in [5, 5.41) is 7.43. The third-order valence-corrected chi connectivity index (χ3v) is 12.2. The first-order valence-electron chi connectivity index (χ1n) is 19.9. The van der Waals surface area contributed by atoms with Gasteiger partial charge in [-0.05, 0) is 73.4 Å². The average Bonchev–Trinajstić information content (AvgIpc) is 3.93. The molecule has 0 aliphatic carbocycles. The van der Waals surface area contributed by atoms with E-state index in [9.17, 15) is 18.8 Å². The van der Waals surface area contributed by atoms with E-state index in [1.807, 2.05) is 59.2 Å². The number of halogens is 1. The molecule has 4 aliphatic rings. The number of aryl methyl sites for hydroxylation is 1. The lowest BCUT2D eigenvalue weighted by Crippen LogP contribution is -2.55. The van der Waals surface area contributed by atoms with Crippen LogP contribution in [0.1, 0.15) is 43.3 Å². The molecule has 1 unspecified atom stereocenters. The summed E-state index contributed by atoms with van der Waals surface area (Å²) in [5.41, 5.74) is 5.62. The van der Waals surface area contributed by atoms with Crippen molar-refractivity contribution in [1.29, 1.82) is 0 Å². The van der Waals surface area contributed by atoms with Crippen molar-refractivity contribution >= 4 is 45.8 Å². The maximum atomic E-state index is 14.1. The van der Waals surface area contributed by atoms with E-state index in [0.29, 0.717) is 17.9 Å². The van der Waals surface area contributed by atoms with Crippen LogP contribution in [0.4, 0.5) is 21.7 Å². The second kappa shape index (κ2) is 14.1. The van der Waals surface area contributed by atoms with E-state index in [2.05, 4.69) is 36.0 Å². The summed E-state index contributed by atoms with van der Waals surface area (Å²) in [5.74, 6) is 1.32. The Balaban J connectivity index is 0.786. The van der Waals surface area contributed by atoms with E-state index in [4.69, 9.17) is 10.1 Å². The molecule has 0 spiro atoms. The van der Waals surface area contributed by atoms with Gasteiger partial charge in [0.1, 0.15) is 29.2 Å². The van der Waals surface area contributed by atoms with E-state index in [-0.39, 0.29) is 29.9 Å². The van der Waals surface area contributed by atoms with Crippen LogP contribution >= 0.6 is 0 Å². The zero-order chi connectivity index (χ0) is 38.8. The highest BCUT2D eigenvalue weighted by atomic mass is 19.1. The number of nitrogens with one attached hydrogen (secondary N) is 1. The number of imide groups is 1. The topological polar surface area (TPSA) is 129 Å². The summed E-state index contributed by atoms with van der Waals surface area (Å²) in [7, 11) is 1.75. The molecule has 2 amide bonds. The number of amides is 2. The number of hydrogen-bond acceptors (Lipinski definition) is 10. The van der Waals surface area contributed by atoms with Gasteiger partial charge in [0.25, 0.3) is 0 Å². The maximum absolute atomic E-state index is 14.1. The lowest BCUT2D eigenvalue weighted by Gasteiger charge is -2.45. The van der Waals surface area contributed by atoms with Gasteiger partial charge in [-0.1, -0.05) is 24.3 Å². The van der Waals surface area contributed by atoms with Crippen LogP contribution in [-0.4, -0.2) is 97.8 Å².